The Morgan fingerprint density at radius 1 is 0.854 bits per heavy atom. The molecule has 0 saturated carbocycles. The quantitative estimate of drug-likeness (QED) is 0.303. The van der Waals surface area contributed by atoms with Crippen molar-refractivity contribution < 1.29 is 22.4 Å². The van der Waals surface area contributed by atoms with Crippen LogP contribution >= 0.6 is 0 Å². The van der Waals surface area contributed by atoms with Crippen LogP contribution in [0.1, 0.15) is 50.3 Å². The molecule has 0 bridgehead atoms. The molecule has 0 aliphatic carbocycles. The van der Waals surface area contributed by atoms with Gasteiger partial charge in [-0.05, 0) is 46.7 Å². The van der Waals surface area contributed by atoms with Crippen molar-refractivity contribution in [2.75, 3.05) is 23.7 Å². The molecule has 0 aromatic heterocycles. The number of benzene rings is 3. The number of amides is 2. The number of nitrogens with one attached hydrogen (secondary N) is 1. The molecule has 0 aliphatic heterocycles. The molecule has 1 N–H and O–H groups in total. The van der Waals surface area contributed by atoms with E-state index in [1.807, 2.05) is 70.2 Å². The highest BCUT2D eigenvalue weighted by molar-refractivity contribution is 7.92. The molecular weight excluding hydrogens is 541 g/mol. The molecule has 2 amide bonds. The van der Waals surface area contributed by atoms with E-state index in [1.165, 1.54) is 17.0 Å². The van der Waals surface area contributed by atoms with Gasteiger partial charge in [-0.3, -0.25) is 13.9 Å². The SMILES string of the molecule is CC(C)CNC(=O)C(Cc1ccccc1)N(Cc1ccc(F)cc1)C(=O)CN(c1ccccc1C(C)C)S(C)(=O)=O. The number of hydrogen-bond donors (Lipinski definition) is 1. The highest BCUT2D eigenvalue weighted by Crippen LogP contribution is 2.29. The van der Waals surface area contributed by atoms with Crippen LogP contribution in [0.3, 0.4) is 0 Å². The maximum atomic E-state index is 14.2. The van der Waals surface area contributed by atoms with Crippen molar-refractivity contribution in [1.29, 1.82) is 0 Å². The molecule has 7 nitrogen and oxygen atoms in total. The van der Waals surface area contributed by atoms with Gasteiger partial charge in [0.25, 0.3) is 0 Å². The first-order valence-electron chi connectivity index (χ1n) is 13.8. The largest absolute Gasteiger partial charge is 0.354 e. The minimum atomic E-state index is -3.87. The van der Waals surface area contributed by atoms with Gasteiger partial charge in [-0.2, -0.15) is 0 Å². The average Bonchev–Trinajstić information content (AvgIpc) is 2.93. The molecule has 0 fully saturated rings. The molecule has 3 aromatic carbocycles. The minimum Gasteiger partial charge on any atom is -0.354 e. The molecular formula is C32H40FN3O4S. The van der Waals surface area contributed by atoms with E-state index in [2.05, 4.69) is 5.32 Å². The normalized spacial score (nSPS) is 12.3. The summed E-state index contributed by atoms with van der Waals surface area (Å²) in [4.78, 5) is 29.2. The van der Waals surface area contributed by atoms with E-state index in [0.717, 1.165) is 21.7 Å². The number of rotatable bonds is 13. The number of para-hydroxylation sites is 1. The highest BCUT2D eigenvalue weighted by Gasteiger charge is 2.33. The van der Waals surface area contributed by atoms with Crippen LogP contribution in [0.4, 0.5) is 10.1 Å². The highest BCUT2D eigenvalue weighted by atomic mass is 32.2. The van der Waals surface area contributed by atoms with Crippen LogP contribution in [0.5, 0.6) is 0 Å². The summed E-state index contributed by atoms with van der Waals surface area (Å²) >= 11 is 0. The standard InChI is InChI=1S/C32H40FN3O4S/c1-23(2)20-34-32(38)30(19-25-11-7-6-8-12-25)35(21-26-15-17-27(33)18-16-26)31(37)22-36(41(5,39)40)29-14-10-9-13-28(29)24(3)4/h6-18,23-24,30H,19-22H2,1-5H3,(H,34,38). The molecule has 3 aromatic rings. The topological polar surface area (TPSA) is 86.8 Å². The fourth-order valence-corrected chi connectivity index (χ4v) is 5.43. The van der Waals surface area contributed by atoms with Crippen molar-refractivity contribution in [3.63, 3.8) is 0 Å². The van der Waals surface area contributed by atoms with Crippen molar-refractivity contribution in [1.82, 2.24) is 10.2 Å². The molecule has 0 aliphatic rings. The summed E-state index contributed by atoms with van der Waals surface area (Å²) in [5, 5.41) is 2.95. The zero-order chi connectivity index (χ0) is 30.2. The van der Waals surface area contributed by atoms with E-state index < -0.39 is 34.3 Å². The van der Waals surface area contributed by atoms with Gasteiger partial charge in [0.15, 0.2) is 0 Å². The van der Waals surface area contributed by atoms with Crippen LogP contribution in [0.15, 0.2) is 78.9 Å². The van der Waals surface area contributed by atoms with Crippen LogP contribution < -0.4 is 9.62 Å². The van der Waals surface area contributed by atoms with Crippen LogP contribution in [0.25, 0.3) is 0 Å². The number of anilines is 1. The molecule has 41 heavy (non-hydrogen) atoms. The van der Waals surface area contributed by atoms with Gasteiger partial charge in [-0.25, -0.2) is 12.8 Å². The van der Waals surface area contributed by atoms with Gasteiger partial charge in [0.1, 0.15) is 18.4 Å². The Bertz CT molecular complexity index is 1410. The van der Waals surface area contributed by atoms with E-state index in [1.54, 1.807) is 24.3 Å². The lowest BCUT2D eigenvalue weighted by atomic mass is 10.0. The van der Waals surface area contributed by atoms with E-state index in [9.17, 15) is 22.4 Å². The first kappa shape index (κ1) is 31.8. The third-order valence-electron chi connectivity index (χ3n) is 6.73. The molecule has 9 heteroatoms. The zero-order valence-corrected chi connectivity index (χ0v) is 25.2. The first-order chi connectivity index (χ1) is 19.4. The molecule has 0 heterocycles. The first-order valence-corrected chi connectivity index (χ1v) is 15.6. The van der Waals surface area contributed by atoms with Gasteiger partial charge in [-0.15, -0.1) is 0 Å². The smallest absolute Gasteiger partial charge is 0.244 e. The van der Waals surface area contributed by atoms with Gasteiger partial charge in [-0.1, -0.05) is 88.4 Å². The Hall–Kier alpha value is -3.72. The lowest BCUT2D eigenvalue weighted by molar-refractivity contribution is -0.140. The van der Waals surface area contributed by atoms with Crippen LogP contribution in [0.2, 0.25) is 0 Å². The third kappa shape index (κ3) is 9.14. The average molecular weight is 582 g/mol. The number of sulfonamides is 1. The van der Waals surface area contributed by atoms with Crippen LogP contribution in [-0.4, -0.2) is 50.5 Å². The summed E-state index contributed by atoms with van der Waals surface area (Å²) in [6.07, 6.45) is 1.29. The molecule has 0 saturated heterocycles. The van der Waals surface area contributed by atoms with Crippen molar-refractivity contribution in [2.24, 2.45) is 5.92 Å². The van der Waals surface area contributed by atoms with E-state index in [4.69, 9.17) is 0 Å². The lowest BCUT2D eigenvalue weighted by Gasteiger charge is -2.34. The summed E-state index contributed by atoms with van der Waals surface area (Å²) in [6.45, 7) is 7.78. The number of carbonyl (C=O) groups excluding carboxylic acids is 2. The molecule has 1 unspecified atom stereocenters. The maximum Gasteiger partial charge on any atom is 0.244 e. The summed E-state index contributed by atoms with van der Waals surface area (Å²) < 4.78 is 40.9. The Morgan fingerprint density at radius 2 is 1.46 bits per heavy atom. The van der Waals surface area contributed by atoms with Crippen molar-refractivity contribution in [2.45, 2.75) is 52.6 Å². The second-order valence-electron chi connectivity index (χ2n) is 11.0. The molecule has 0 spiro atoms. The number of hydrogen-bond acceptors (Lipinski definition) is 4. The Balaban J connectivity index is 2.08. The summed E-state index contributed by atoms with van der Waals surface area (Å²) in [5.74, 6) is -1.11. The molecule has 1 atom stereocenters. The lowest BCUT2D eigenvalue weighted by Crippen LogP contribution is -2.53. The van der Waals surface area contributed by atoms with Crippen molar-refractivity contribution in [3.05, 3.63) is 101 Å². The predicted molar refractivity (Wildman–Crippen MR) is 161 cm³/mol. The Morgan fingerprint density at radius 3 is 2.05 bits per heavy atom. The summed E-state index contributed by atoms with van der Waals surface area (Å²) in [6, 6.07) is 21.2. The van der Waals surface area contributed by atoms with Crippen LogP contribution in [0, 0.1) is 11.7 Å². The summed E-state index contributed by atoms with van der Waals surface area (Å²) in [7, 11) is -3.87. The molecule has 3 rings (SSSR count). The number of nitrogens with zero attached hydrogens (tertiary/aromatic N) is 2. The zero-order valence-electron chi connectivity index (χ0n) is 24.4. The van der Waals surface area contributed by atoms with Gasteiger partial charge < -0.3 is 10.2 Å². The van der Waals surface area contributed by atoms with Crippen molar-refractivity contribution >= 4 is 27.5 Å². The predicted octanol–water partition coefficient (Wildman–Crippen LogP) is 5.13. The summed E-state index contributed by atoms with van der Waals surface area (Å²) in [5.41, 5.74) is 2.66. The second kappa shape index (κ2) is 14.3. The fourth-order valence-electron chi connectivity index (χ4n) is 4.56. The second-order valence-corrected chi connectivity index (χ2v) is 12.9. The third-order valence-corrected chi connectivity index (χ3v) is 7.85. The monoisotopic (exact) mass is 581 g/mol. The van der Waals surface area contributed by atoms with Crippen LogP contribution in [-0.2, 0) is 32.6 Å². The Kier molecular flexibility index (Phi) is 11.1. The van der Waals surface area contributed by atoms with E-state index in [0.29, 0.717) is 17.8 Å². The maximum absolute atomic E-state index is 14.2. The van der Waals surface area contributed by atoms with Gasteiger partial charge in [0, 0.05) is 19.5 Å². The fraction of sp³-hybridized carbons (Fsp3) is 0.375. The van der Waals surface area contributed by atoms with Gasteiger partial charge in [0.2, 0.25) is 21.8 Å². The van der Waals surface area contributed by atoms with Gasteiger partial charge >= 0.3 is 0 Å². The van der Waals surface area contributed by atoms with E-state index >= 15 is 0 Å². The molecule has 0 radical (unpaired) electrons. The Labute approximate surface area is 243 Å². The number of halogens is 1. The molecule has 220 valence electrons. The van der Waals surface area contributed by atoms with Gasteiger partial charge in [0.05, 0.1) is 11.9 Å². The number of carbonyl (C=O) groups is 2. The van der Waals surface area contributed by atoms with E-state index in [-0.39, 0.29) is 30.7 Å². The minimum absolute atomic E-state index is 0.00482. The van der Waals surface area contributed by atoms with Crippen molar-refractivity contribution in [3.8, 4) is 0 Å².